The minimum atomic E-state index is 0.0513. The molecule has 0 unspecified atom stereocenters. The van der Waals surface area contributed by atoms with Crippen LogP contribution in [0.5, 0.6) is 0 Å². The Labute approximate surface area is 126 Å². The molecule has 0 radical (unpaired) electrons. The number of ketones is 1. The van der Waals surface area contributed by atoms with Gasteiger partial charge in [0.2, 0.25) is 0 Å². The molecule has 19 heavy (non-hydrogen) atoms. The van der Waals surface area contributed by atoms with Crippen molar-refractivity contribution in [2.24, 2.45) is 0 Å². The van der Waals surface area contributed by atoms with Gasteiger partial charge in [0.15, 0.2) is 5.78 Å². The molecular formula is C16H14BrClO. The lowest BCUT2D eigenvalue weighted by molar-refractivity contribution is 0.0993. The summed E-state index contributed by atoms with van der Waals surface area (Å²) in [4.78, 5) is 12.3. The quantitative estimate of drug-likeness (QED) is 0.708. The molecule has 0 aliphatic rings. The van der Waals surface area contributed by atoms with Crippen LogP contribution in [0.3, 0.4) is 0 Å². The van der Waals surface area contributed by atoms with Gasteiger partial charge in [-0.2, -0.15) is 0 Å². The van der Waals surface area contributed by atoms with E-state index in [4.69, 9.17) is 11.6 Å². The molecule has 0 aromatic heterocycles. The molecule has 0 amide bonds. The van der Waals surface area contributed by atoms with E-state index < -0.39 is 0 Å². The second kappa shape index (κ2) is 5.89. The summed E-state index contributed by atoms with van der Waals surface area (Å²) in [6.45, 7) is 3.98. The Bertz CT molecular complexity index is 617. The molecule has 0 aliphatic heterocycles. The van der Waals surface area contributed by atoms with Crippen LogP contribution >= 0.6 is 27.5 Å². The van der Waals surface area contributed by atoms with Gasteiger partial charge in [0.05, 0.1) is 5.02 Å². The van der Waals surface area contributed by atoms with Crippen LogP contribution < -0.4 is 0 Å². The third-order valence-corrected chi connectivity index (χ3v) is 4.00. The van der Waals surface area contributed by atoms with Crippen LogP contribution in [0.25, 0.3) is 0 Å². The van der Waals surface area contributed by atoms with Crippen LogP contribution in [0, 0.1) is 13.8 Å². The lowest BCUT2D eigenvalue weighted by Crippen LogP contribution is -2.05. The molecule has 0 N–H and O–H groups in total. The Morgan fingerprint density at radius 1 is 1.11 bits per heavy atom. The fourth-order valence-electron chi connectivity index (χ4n) is 1.88. The maximum Gasteiger partial charge on any atom is 0.168 e. The number of benzene rings is 2. The van der Waals surface area contributed by atoms with Crippen molar-refractivity contribution in [3.05, 3.63) is 68.1 Å². The molecule has 0 heterocycles. The van der Waals surface area contributed by atoms with Gasteiger partial charge in [0.1, 0.15) is 0 Å². The van der Waals surface area contributed by atoms with Crippen LogP contribution in [0.15, 0.2) is 40.9 Å². The van der Waals surface area contributed by atoms with Crippen molar-refractivity contribution >= 4 is 33.3 Å². The van der Waals surface area contributed by atoms with Gasteiger partial charge >= 0.3 is 0 Å². The first-order valence-corrected chi connectivity index (χ1v) is 7.19. The Kier molecular flexibility index (Phi) is 4.43. The molecule has 98 valence electrons. The van der Waals surface area contributed by atoms with E-state index in [2.05, 4.69) is 15.9 Å². The molecule has 0 saturated carbocycles. The number of rotatable bonds is 3. The average Bonchev–Trinajstić information content (AvgIpc) is 2.36. The van der Waals surface area contributed by atoms with Crippen molar-refractivity contribution in [2.75, 3.05) is 0 Å². The molecule has 1 nitrogen and oxygen atoms in total. The second-order valence-electron chi connectivity index (χ2n) is 4.64. The number of carbonyl (C=O) groups excluding carboxylic acids is 1. The zero-order valence-corrected chi connectivity index (χ0v) is 13.2. The summed E-state index contributed by atoms with van der Waals surface area (Å²) in [6, 6.07) is 11.5. The number of hydrogen-bond donors (Lipinski definition) is 0. The second-order valence-corrected chi connectivity index (χ2v) is 5.97. The standard InChI is InChI=1S/C16H14BrClO/c1-10-7-14(15(18)8-11(10)2)16(19)9-12-3-5-13(17)6-4-12/h3-8H,9H2,1-2H3. The normalized spacial score (nSPS) is 10.5. The van der Waals surface area contributed by atoms with Gasteiger partial charge in [-0.15, -0.1) is 0 Å². The van der Waals surface area contributed by atoms with Crippen molar-refractivity contribution in [3.63, 3.8) is 0 Å². The van der Waals surface area contributed by atoms with Crippen molar-refractivity contribution in [2.45, 2.75) is 20.3 Å². The molecule has 0 fully saturated rings. The van der Waals surface area contributed by atoms with Crippen LogP contribution in [0.1, 0.15) is 27.0 Å². The van der Waals surface area contributed by atoms with E-state index in [1.807, 2.05) is 50.2 Å². The lowest BCUT2D eigenvalue weighted by Gasteiger charge is -2.08. The third kappa shape index (κ3) is 3.46. The molecule has 2 rings (SSSR count). The van der Waals surface area contributed by atoms with Gasteiger partial charge in [0.25, 0.3) is 0 Å². The molecule has 3 heteroatoms. The summed E-state index contributed by atoms with van der Waals surface area (Å²) < 4.78 is 1.01. The van der Waals surface area contributed by atoms with Crippen molar-refractivity contribution in [1.82, 2.24) is 0 Å². The zero-order chi connectivity index (χ0) is 14.0. The van der Waals surface area contributed by atoms with E-state index in [0.717, 1.165) is 21.2 Å². The van der Waals surface area contributed by atoms with E-state index >= 15 is 0 Å². The predicted octanol–water partition coefficient (Wildman–Crippen LogP) is 5.14. The molecule has 0 aliphatic carbocycles. The Morgan fingerprint density at radius 2 is 1.68 bits per heavy atom. The van der Waals surface area contributed by atoms with Crippen LogP contribution in [-0.2, 0) is 6.42 Å². The fraction of sp³-hybridized carbons (Fsp3) is 0.188. The highest BCUT2D eigenvalue weighted by Crippen LogP contribution is 2.23. The Morgan fingerprint density at radius 3 is 2.32 bits per heavy atom. The first kappa shape index (κ1) is 14.3. The van der Waals surface area contributed by atoms with Crippen molar-refractivity contribution < 1.29 is 4.79 Å². The smallest absolute Gasteiger partial charge is 0.168 e. The van der Waals surface area contributed by atoms with E-state index in [0.29, 0.717) is 17.0 Å². The third-order valence-electron chi connectivity index (χ3n) is 3.16. The number of aryl methyl sites for hydroxylation is 2. The molecule has 2 aromatic carbocycles. The first-order chi connectivity index (χ1) is 8.97. The highest BCUT2D eigenvalue weighted by Gasteiger charge is 2.12. The maximum atomic E-state index is 12.3. The maximum absolute atomic E-state index is 12.3. The van der Waals surface area contributed by atoms with E-state index in [1.165, 1.54) is 0 Å². The highest BCUT2D eigenvalue weighted by molar-refractivity contribution is 9.10. The van der Waals surface area contributed by atoms with Gasteiger partial charge in [-0.1, -0.05) is 39.7 Å². The summed E-state index contributed by atoms with van der Waals surface area (Å²) in [5.74, 6) is 0.0513. The molecular weight excluding hydrogens is 324 g/mol. The van der Waals surface area contributed by atoms with Crippen LogP contribution in [-0.4, -0.2) is 5.78 Å². The molecule has 0 saturated heterocycles. The molecule has 0 bridgehead atoms. The Balaban J connectivity index is 2.25. The number of Topliss-reactive ketones (excluding diaryl/α,β-unsaturated/α-hetero) is 1. The summed E-state index contributed by atoms with van der Waals surface area (Å²) in [5, 5.41) is 0.533. The SMILES string of the molecule is Cc1cc(Cl)c(C(=O)Cc2ccc(Br)cc2)cc1C. The summed E-state index contributed by atoms with van der Waals surface area (Å²) in [6.07, 6.45) is 0.371. The average molecular weight is 338 g/mol. The van der Waals surface area contributed by atoms with Gasteiger partial charge in [-0.25, -0.2) is 0 Å². The summed E-state index contributed by atoms with van der Waals surface area (Å²) in [7, 11) is 0. The van der Waals surface area contributed by atoms with Crippen LogP contribution in [0.2, 0.25) is 5.02 Å². The van der Waals surface area contributed by atoms with Crippen molar-refractivity contribution in [3.8, 4) is 0 Å². The van der Waals surface area contributed by atoms with Gasteiger partial charge < -0.3 is 0 Å². The summed E-state index contributed by atoms with van der Waals surface area (Å²) in [5.41, 5.74) is 3.78. The summed E-state index contributed by atoms with van der Waals surface area (Å²) >= 11 is 9.54. The van der Waals surface area contributed by atoms with E-state index in [9.17, 15) is 4.79 Å². The fourth-order valence-corrected chi connectivity index (χ4v) is 2.47. The predicted molar refractivity (Wildman–Crippen MR) is 83.1 cm³/mol. The van der Waals surface area contributed by atoms with E-state index in [-0.39, 0.29) is 5.78 Å². The highest BCUT2D eigenvalue weighted by atomic mass is 79.9. The lowest BCUT2D eigenvalue weighted by atomic mass is 9.99. The van der Waals surface area contributed by atoms with E-state index in [1.54, 1.807) is 0 Å². The topological polar surface area (TPSA) is 17.1 Å². The van der Waals surface area contributed by atoms with Crippen LogP contribution in [0.4, 0.5) is 0 Å². The van der Waals surface area contributed by atoms with Crippen molar-refractivity contribution in [1.29, 1.82) is 0 Å². The largest absolute Gasteiger partial charge is 0.294 e. The molecule has 2 aromatic rings. The van der Waals surface area contributed by atoms with Gasteiger partial charge in [-0.05, 0) is 54.8 Å². The Hall–Kier alpha value is -1.12. The number of hydrogen-bond acceptors (Lipinski definition) is 1. The monoisotopic (exact) mass is 336 g/mol. The molecule has 0 spiro atoms. The minimum Gasteiger partial charge on any atom is -0.294 e. The first-order valence-electron chi connectivity index (χ1n) is 6.02. The van der Waals surface area contributed by atoms with Gasteiger partial charge in [0, 0.05) is 16.5 Å². The molecule has 0 atom stereocenters. The number of carbonyl (C=O) groups is 1. The minimum absolute atomic E-state index is 0.0513. The van der Waals surface area contributed by atoms with Gasteiger partial charge in [-0.3, -0.25) is 4.79 Å². The zero-order valence-electron chi connectivity index (χ0n) is 10.8. The number of halogens is 2.